The average Bonchev–Trinajstić information content (AvgIpc) is 2.61. The van der Waals surface area contributed by atoms with E-state index >= 15 is 0 Å². The van der Waals surface area contributed by atoms with Crippen molar-refractivity contribution >= 4 is 9.84 Å². The Bertz CT molecular complexity index is 300. The normalized spacial score (nSPS) is 28.2. The van der Waals surface area contributed by atoms with Crippen LogP contribution in [0.1, 0.15) is 40.0 Å². The van der Waals surface area contributed by atoms with E-state index < -0.39 is 9.84 Å². The second-order valence-corrected chi connectivity index (χ2v) is 7.69. The minimum absolute atomic E-state index is 0.0841. The molecule has 1 rings (SSSR count). The lowest BCUT2D eigenvalue weighted by Crippen LogP contribution is -2.36. The Morgan fingerprint density at radius 2 is 2.06 bits per heavy atom. The second-order valence-electron chi connectivity index (χ2n) is 5.29. The summed E-state index contributed by atoms with van der Waals surface area (Å²) in [6.45, 7) is 6.95. The minimum atomic E-state index is -2.84. The molecule has 0 spiro atoms. The number of hydrogen-bond donors (Lipinski definition) is 1. The molecule has 3 nitrogen and oxygen atoms in total. The summed E-state index contributed by atoms with van der Waals surface area (Å²) in [5, 5.41) is 3.36. The van der Waals surface area contributed by atoms with E-state index in [0.717, 1.165) is 18.4 Å². The third kappa shape index (κ3) is 4.83. The largest absolute Gasteiger partial charge is 0.313 e. The zero-order valence-electron chi connectivity index (χ0n) is 10.7. The third-order valence-corrected chi connectivity index (χ3v) is 5.39. The summed E-state index contributed by atoms with van der Waals surface area (Å²) in [5.41, 5.74) is 0. The molecule has 0 aromatic carbocycles. The number of rotatable bonds is 6. The Balaban J connectivity index is 2.22. The zero-order chi connectivity index (χ0) is 12.2. The van der Waals surface area contributed by atoms with Crippen molar-refractivity contribution < 1.29 is 8.42 Å². The molecule has 1 aliphatic rings. The first kappa shape index (κ1) is 14.0. The van der Waals surface area contributed by atoms with E-state index in [4.69, 9.17) is 0 Å². The quantitative estimate of drug-likeness (QED) is 0.779. The molecule has 96 valence electrons. The van der Waals surface area contributed by atoms with Gasteiger partial charge in [-0.25, -0.2) is 8.42 Å². The second kappa shape index (κ2) is 6.01. The molecular weight excluding hydrogens is 222 g/mol. The van der Waals surface area contributed by atoms with Crippen LogP contribution >= 0.6 is 0 Å². The van der Waals surface area contributed by atoms with Crippen molar-refractivity contribution in [2.45, 2.75) is 46.1 Å². The van der Waals surface area contributed by atoms with Crippen LogP contribution in [0.3, 0.4) is 0 Å². The topological polar surface area (TPSA) is 46.2 Å². The van der Waals surface area contributed by atoms with Gasteiger partial charge in [-0.15, -0.1) is 0 Å². The molecule has 0 aliphatic heterocycles. The van der Waals surface area contributed by atoms with Crippen LogP contribution in [0.4, 0.5) is 0 Å². The fraction of sp³-hybridized carbons (Fsp3) is 1.00. The number of sulfone groups is 1. The van der Waals surface area contributed by atoms with Gasteiger partial charge in [-0.3, -0.25) is 0 Å². The van der Waals surface area contributed by atoms with Crippen LogP contribution in [-0.4, -0.2) is 32.5 Å². The molecule has 0 saturated heterocycles. The Labute approximate surface area is 99.9 Å². The first-order valence-corrected chi connectivity index (χ1v) is 8.19. The van der Waals surface area contributed by atoms with Crippen molar-refractivity contribution in [1.82, 2.24) is 5.32 Å². The van der Waals surface area contributed by atoms with Crippen LogP contribution in [0.2, 0.25) is 0 Å². The molecule has 16 heavy (non-hydrogen) atoms. The SMILES string of the molecule is CCS(=O)(=O)CC(C)NCC1CCC(C)C1. The van der Waals surface area contributed by atoms with E-state index in [-0.39, 0.29) is 17.5 Å². The molecule has 1 fully saturated rings. The fourth-order valence-corrected chi connectivity index (χ4v) is 3.55. The molecule has 0 amide bonds. The fourth-order valence-electron chi connectivity index (χ4n) is 2.44. The summed E-state index contributed by atoms with van der Waals surface area (Å²) >= 11 is 0. The molecule has 1 aliphatic carbocycles. The van der Waals surface area contributed by atoms with Gasteiger partial charge < -0.3 is 5.32 Å². The van der Waals surface area contributed by atoms with Crippen LogP contribution in [0, 0.1) is 11.8 Å². The highest BCUT2D eigenvalue weighted by atomic mass is 32.2. The first-order valence-electron chi connectivity index (χ1n) is 6.36. The maximum absolute atomic E-state index is 11.4. The summed E-state index contributed by atoms with van der Waals surface area (Å²) in [6, 6.07) is 0.0841. The summed E-state index contributed by atoms with van der Waals surface area (Å²) in [5.74, 6) is 2.12. The number of hydrogen-bond acceptors (Lipinski definition) is 3. The molecule has 0 radical (unpaired) electrons. The predicted molar refractivity (Wildman–Crippen MR) is 68.3 cm³/mol. The van der Waals surface area contributed by atoms with E-state index in [1.165, 1.54) is 19.3 Å². The third-order valence-electron chi connectivity index (χ3n) is 3.50. The summed E-state index contributed by atoms with van der Waals surface area (Å²) in [6.07, 6.45) is 3.91. The molecule has 0 aromatic heterocycles. The van der Waals surface area contributed by atoms with Gasteiger partial charge in [-0.2, -0.15) is 0 Å². The van der Waals surface area contributed by atoms with Gasteiger partial charge in [-0.05, 0) is 38.1 Å². The van der Waals surface area contributed by atoms with Gasteiger partial charge in [-0.1, -0.05) is 20.3 Å². The summed E-state index contributed by atoms with van der Waals surface area (Å²) in [7, 11) is -2.84. The van der Waals surface area contributed by atoms with Crippen molar-refractivity contribution in [3.63, 3.8) is 0 Å². The van der Waals surface area contributed by atoms with Gasteiger partial charge in [0.2, 0.25) is 0 Å². The average molecular weight is 247 g/mol. The molecule has 3 atom stereocenters. The Hall–Kier alpha value is -0.0900. The van der Waals surface area contributed by atoms with Crippen LogP contribution in [0.5, 0.6) is 0 Å². The van der Waals surface area contributed by atoms with Gasteiger partial charge in [0.15, 0.2) is 9.84 Å². The van der Waals surface area contributed by atoms with Crippen molar-refractivity contribution in [1.29, 1.82) is 0 Å². The minimum Gasteiger partial charge on any atom is -0.313 e. The van der Waals surface area contributed by atoms with Gasteiger partial charge in [0.05, 0.1) is 5.75 Å². The van der Waals surface area contributed by atoms with E-state index in [2.05, 4.69) is 12.2 Å². The highest BCUT2D eigenvalue weighted by Crippen LogP contribution is 2.29. The highest BCUT2D eigenvalue weighted by molar-refractivity contribution is 7.91. The van der Waals surface area contributed by atoms with E-state index in [9.17, 15) is 8.42 Å². The van der Waals surface area contributed by atoms with E-state index in [0.29, 0.717) is 0 Å². The zero-order valence-corrected chi connectivity index (χ0v) is 11.5. The van der Waals surface area contributed by atoms with E-state index in [1.54, 1.807) is 6.92 Å². The first-order chi connectivity index (χ1) is 7.43. The highest BCUT2D eigenvalue weighted by Gasteiger charge is 2.22. The standard InChI is InChI=1S/C12H25NO2S/c1-4-16(14,15)9-11(3)13-8-12-6-5-10(2)7-12/h10-13H,4-9H2,1-3H3. The Kier molecular flexibility index (Phi) is 5.25. The molecule has 0 bridgehead atoms. The number of nitrogens with one attached hydrogen (secondary N) is 1. The van der Waals surface area contributed by atoms with Gasteiger partial charge in [0.1, 0.15) is 0 Å². The van der Waals surface area contributed by atoms with Gasteiger partial charge in [0, 0.05) is 11.8 Å². The monoisotopic (exact) mass is 247 g/mol. The molecule has 3 unspecified atom stereocenters. The lowest BCUT2D eigenvalue weighted by Gasteiger charge is -2.17. The predicted octanol–water partition coefficient (Wildman–Crippen LogP) is 1.84. The molecule has 0 aromatic rings. The van der Waals surface area contributed by atoms with Crippen molar-refractivity contribution in [3.8, 4) is 0 Å². The van der Waals surface area contributed by atoms with Crippen molar-refractivity contribution in [2.24, 2.45) is 11.8 Å². The van der Waals surface area contributed by atoms with Crippen LogP contribution in [0.25, 0.3) is 0 Å². The van der Waals surface area contributed by atoms with E-state index in [1.807, 2.05) is 6.92 Å². The molecule has 1 N–H and O–H groups in total. The maximum atomic E-state index is 11.4. The molecule has 0 heterocycles. The molecule has 4 heteroatoms. The summed E-state index contributed by atoms with van der Waals surface area (Å²) in [4.78, 5) is 0. The maximum Gasteiger partial charge on any atom is 0.151 e. The Morgan fingerprint density at radius 3 is 2.56 bits per heavy atom. The van der Waals surface area contributed by atoms with Crippen LogP contribution < -0.4 is 5.32 Å². The van der Waals surface area contributed by atoms with Crippen molar-refractivity contribution in [3.05, 3.63) is 0 Å². The van der Waals surface area contributed by atoms with Crippen LogP contribution in [0.15, 0.2) is 0 Å². The molecular formula is C12H25NO2S. The lowest BCUT2D eigenvalue weighted by molar-refractivity contribution is 0.445. The van der Waals surface area contributed by atoms with Crippen molar-refractivity contribution in [2.75, 3.05) is 18.1 Å². The Morgan fingerprint density at radius 1 is 1.38 bits per heavy atom. The smallest absolute Gasteiger partial charge is 0.151 e. The van der Waals surface area contributed by atoms with Gasteiger partial charge >= 0.3 is 0 Å². The lowest BCUT2D eigenvalue weighted by atomic mass is 10.1. The molecule has 1 saturated carbocycles. The van der Waals surface area contributed by atoms with Gasteiger partial charge in [0.25, 0.3) is 0 Å². The summed E-state index contributed by atoms with van der Waals surface area (Å²) < 4.78 is 22.8. The van der Waals surface area contributed by atoms with Crippen LogP contribution in [-0.2, 0) is 9.84 Å².